The van der Waals surface area contributed by atoms with Crippen molar-refractivity contribution in [2.75, 3.05) is 13.1 Å². The Hall–Kier alpha value is -2.28. The molecule has 162 valence electrons. The lowest BCUT2D eigenvalue weighted by Gasteiger charge is -2.30. The molecule has 1 aliphatic heterocycles. The van der Waals surface area contributed by atoms with Crippen molar-refractivity contribution in [1.29, 1.82) is 0 Å². The van der Waals surface area contributed by atoms with Gasteiger partial charge in [-0.2, -0.15) is 13.2 Å². The lowest BCUT2D eigenvalue weighted by atomic mass is 9.87. The van der Waals surface area contributed by atoms with Crippen LogP contribution in [0.3, 0.4) is 0 Å². The SMILES string of the molecule is O=C(O)[C@@H]1CCN(Cc2ccc3cc(OC4CCC(C(F)(F)F)CC4)ccc3c2)C1. The van der Waals surface area contributed by atoms with Crippen LogP contribution in [0.15, 0.2) is 36.4 Å². The van der Waals surface area contributed by atoms with E-state index >= 15 is 0 Å². The fraction of sp³-hybridized carbons (Fsp3) is 0.522. The fourth-order valence-electron chi connectivity index (χ4n) is 4.58. The summed E-state index contributed by atoms with van der Waals surface area (Å²) in [4.78, 5) is 13.3. The molecule has 1 saturated heterocycles. The molecule has 0 aromatic heterocycles. The zero-order chi connectivity index (χ0) is 21.3. The Morgan fingerprint density at radius 2 is 1.73 bits per heavy atom. The monoisotopic (exact) mass is 421 g/mol. The van der Waals surface area contributed by atoms with Gasteiger partial charge in [0.2, 0.25) is 0 Å². The first-order chi connectivity index (χ1) is 14.3. The van der Waals surface area contributed by atoms with Crippen LogP contribution in [0.4, 0.5) is 13.2 Å². The summed E-state index contributed by atoms with van der Waals surface area (Å²) >= 11 is 0. The summed E-state index contributed by atoms with van der Waals surface area (Å²) in [6, 6.07) is 11.9. The van der Waals surface area contributed by atoms with E-state index in [0.29, 0.717) is 31.6 Å². The van der Waals surface area contributed by atoms with Gasteiger partial charge in [0, 0.05) is 13.1 Å². The largest absolute Gasteiger partial charge is 0.490 e. The van der Waals surface area contributed by atoms with E-state index in [2.05, 4.69) is 11.0 Å². The van der Waals surface area contributed by atoms with E-state index in [1.165, 1.54) is 0 Å². The summed E-state index contributed by atoms with van der Waals surface area (Å²) < 4.78 is 44.4. The highest BCUT2D eigenvalue weighted by Crippen LogP contribution is 2.38. The van der Waals surface area contributed by atoms with Crippen LogP contribution in [0.2, 0.25) is 0 Å². The molecule has 7 heteroatoms. The topological polar surface area (TPSA) is 49.8 Å². The minimum atomic E-state index is -4.10. The van der Waals surface area contributed by atoms with Gasteiger partial charge in [-0.15, -0.1) is 0 Å². The second-order valence-corrected chi connectivity index (χ2v) is 8.54. The Kier molecular flexibility index (Phi) is 5.91. The first-order valence-corrected chi connectivity index (χ1v) is 10.5. The van der Waals surface area contributed by atoms with Gasteiger partial charge < -0.3 is 9.84 Å². The van der Waals surface area contributed by atoms with Crippen molar-refractivity contribution in [1.82, 2.24) is 4.90 Å². The van der Waals surface area contributed by atoms with Crippen molar-refractivity contribution >= 4 is 16.7 Å². The van der Waals surface area contributed by atoms with Gasteiger partial charge in [-0.05, 0) is 73.2 Å². The van der Waals surface area contributed by atoms with Crippen LogP contribution in [0, 0.1) is 11.8 Å². The van der Waals surface area contributed by atoms with Crippen LogP contribution in [0.25, 0.3) is 10.8 Å². The zero-order valence-corrected chi connectivity index (χ0v) is 16.7. The second-order valence-electron chi connectivity index (χ2n) is 8.54. The first kappa shape index (κ1) is 21.0. The van der Waals surface area contributed by atoms with Gasteiger partial charge >= 0.3 is 12.1 Å². The molecule has 0 bridgehead atoms. The number of benzene rings is 2. The van der Waals surface area contributed by atoms with Crippen LogP contribution in [0.1, 0.15) is 37.7 Å². The van der Waals surface area contributed by atoms with Crippen molar-refractivity contribution in [3.63, 3.8) is 0 Å². The van der Waals surface area contributed by atoms with Crippen LogP contribution in [-0.2, 0) is 11.3 Å². The summed E-state index contributed by atoms with van der Waals surface area (Å²) in [6.45, 7) is 2.09. The Bertz CT molecular complexity index is 906. The normalized spacial score (nSPS) is 25.5. The maximum absolute atomic E-state index is 12.8. The summed E-state index contributed by atoms with van der Waals surface area (Å²) in [5.41, 5.74) is 1.13. The molecule has 4 rings (SSSR count). The van der Waals surface area contributed by atoms with Gasteiger partial charge in [0.15, 0.2) is 0 Å². The smallest absolute Gasteiger partial charge is 0.391 e. The second kappa shape index (κ2) is 8.46. The summed E-state index contributed by atoms with van der Waals surface area (Å²) in [6.07, 6.45) is -2.47. The average molecular weight is 421 g/mol. The minimum Gasteiger partial charge on any atom is -0.490 e. The number of hydrogen-bond acceptors (Lipinski definition) is 3. The molecule has 1 aliphatic carbocycles. The predicted octanol–water partition coefficient (Wildman–Crippen LogP) is 5.25. The van der Waals surface area contributed by atoms with Crippen LogP contribution in [0.5, 0.6) is 5.75 Å². The van der Waals surface area contributed by atoms with Crippen molar-refractivity contribution in [3.05, 3.63) is 42.0 Å². The highest BCUT2D eigenvalue weighted by Gasteiger charge is 2.41. The van der Waals surface area contributed by atoms with E-state index < -0.39 is 18.1 Å². The third kappa shape index (κ3) is 4.89. The number of alkyl halides is 3. The van der Waals surface area contributed by atoms with E-state index in [9.17, 15) is 18.0 Å². The average Bonchev–Trinajstić information content (AvgIpc) is 3.17. The molecule has 2 fully saturated rings. The molecule has 30 heavy (non-hydrogen) atoms. The van der Waals surface area contributed by atoms with Crippen molar-refractivity contribution in [2.24, 2.45) is 11.8 Å². The van der Waals surface area contributed by atoms with E-state index in [4.69, 9.17) is 9.84 Å². The highest BCUT2D eigenvalue weighted by molar-refractivity contribution is 5.84. The number of hydrogen-bond donors (Lipinski definition) is 1. The molecule has 0 amide bonds. The zero-order valence-electron chi connectivity index (χ0n) is 16.7. The Balaban J connectivity index is 1.36. The van der Waals surface area contributed by atoms with Gasteiger partial charge in [0.05, 0.1) is 17.9 Å². The molecule has 2 aromatic rings. The lowest BCUT2D eigenvalue weighted by Crippen LogP contribution is -2.31. The number of carbonyl (C=O) groups is 1. The molecule has 1 saturated carbocycles. The molecule has 0 unspecified atom stereocenters. The molecule has 1 atom stereocenters. The number of aliphatic carboxylic acids is 1. The lowest BCUT2D eigenvalue weighted by molar-refractivity contribution is -0.185. The van der Waals surface area contributed by atoms with E-state index in [1.807, 2.05) is 30.3 Å². The van der Waals surface area contributed by atoms with Gasteiger partial charge in [0.1, 0.15) is 5.75 Å². The van der Waals surface area contributed by atoms with E-state index in [1.54, 1.807) is 0 Å². The number of nitrogens with zero attached hydrogens (tertiary/aromatic N) is 1. The van der Waals surface area contributed by atoms with Crippen LogP contribution in [-0.4, -0.2) is 41.3 Å². The maximum Gasteiger partial charge on any atom is 0.391 e. The van der Waals surface area contributed by atoms with E-state index in [-0.39, 0.29) is 24.9 Å². The molecular formula is C23H26F3NO3. The number of halogens is 3. The van der Waals surface area contributed by atoms with Gasteiger partial charge in [-0.1, -0.05) is 18.2 Å². The first-order valence-electron chi connectivity index (χ1n) is 10.5. The Labute approximate surface area is 173 Å². The standard InChI is InChI=1S/C23H26F3NO3/c24-23(25,26)19-4-7-20(8-5-19)30-21-6-3-16-11-15(1-2-17(16)12-21)13-27-10-9-18(14-27)22(28)29/h1-3,6,11-12,18-20H,4-5,7-10,13-14H2,(H,28,29)/t18-,19?,20?/m1/s1. The summed E-state index contributed by atoms with van der Waals surface area (Å²) in [7, 11) is 0. The molecular weight excluding hydrogens is 395 g/mol. The molecule has 4 nitrogen and oxygen atoms in total. The molecule has 0 radical (unpaired) electrons. The third-order valence-corrected chi connectivity index (χ3v) is 6.34. The number of likely N-dealkylation sites (tertiary alicyclic amines) is 1. The van der Waals surface area contributed by atoms with Crippen molar-refractivity contribution in [2.45, 2.75) is 50.9 Å². The highest BCUT2D eigenvalue weighted by atomic mass is 19.4. The molecule has 1 heterocycles. The Morgan fingerprint density at radius 1 is 1.03 bits per heavy atom. The fourth-order valence-corrected chi connectivity index (χ4v) is 4.58. The van der Waals surface area contributed by atoms with Crippen LogP contribution >= 0.6 is 0 Å². The summed E-state index contributed by atoms with van der Waals surface area (Å²) in [5.74, 6) is -1.52. The summed E-state index contributed by atoms with van der Waals surface area (Å²) in [5, 5.41) is 11.2. The van der Waals surface area contributed by atoms with Gasteiger partial charge in [-0.3, -0.25) is 9.69 Å². The van der Waals surface area contributed by atoms with Gasteiger partial charge in [-0.25, -0.2) is 0 Å². The number of carboxylic acids is 1. The number of rotatable bonds is 5. The minimum absolute atomic E-state index is 0.129. The molecule has 0 spiro atoms. The van der Waals surface area contributed by atoms with Crippen LogP contribution < -0.4 is 4.74 Å². The Morgan fingerprint density at radius 3 is 2.40 bits per heavy atom. The number of carboxylic acid groups (broad SMARTS) is 1. The quantitative estimate of drug-likeness (QED) is 0.717. The van der Waals surface area contributed by atoms with E-state index in [0.717, 1.165) is 29.4 Å². The maximum atomic E-state index is 12.8. The van der Waals surface area contributed by atoms with Crippen molar-refractivity contribution < 1.29 is 27.8 Å². The van der Waals surface area contributed by atoms with Crippen molar-refractivity contribution in [3.8, 4) is 5.75 Å². The third-order valence-electron chi connectivity index (χ3n) is 6.34. The van der Waals surface area contributed by atoms with Gasteiger partial charge in [0.25, 0.3) is 0 Å². The number of ether oxygens (including phenoxy) is 1. The number of fused-ring (bicyclic) bond motifs is 1. The predicted molar refractivity (Wildman–Crippen MR) is 107 cm³/mol. The molecule has 2 aromatic carbocycles. The molecule has 1 N–H and O–H groups in total. The molecule has 2 aliphatic rings.